The fourth-order valence-electron chi connectivity index (χ4n) is 3.94. The Labute approximate surface area is 176 Å². The molecule has 8 heteroatoms. The number of aryl methyl sites for hydroxylation is 1. The summed E-state index contributed by atoms with van der Waals surface area (Å²) in [5.74, 6) is 0.929. The molecule has 0 amide bonds. The Bertz CT molecular complexity index is 1070. The van der Waals surface area contributed by atoms with Crippen molar-refractivity contribution in [3.05, 3.63) is 46.4 Å². The van der Waals surface area contributed by atoms with Crippen molar-refractivity contribution in [2.45, 2.75) is 57.1 Å². The Kier molecular flexibility index (Phi) is 6.06. The molecular weight excluding hydrogens is 404 g/mol. The van der Waals surface area contributed by atoms with Crippen LogP contribution in [0.25, 0.3) is 11.0 Å². The number of thiophene rings is 1. The molecule has 3 aromatic rings. The smallest absolute Gasteiger partial charge is 0.243 e. The predicted octanol–water partition coefficient (Wildman–Crippen LogP) is 4.14. The van der Waals surface area contributed by atoms with Crippen LogP contribution in [0.2, 0.25) is 0 Å². The van der Waals surface area contributed by atoms with Crippen LogP contribution in [0.5, 0.6) is 0 Å². The first-order valence-electron chi connectivity index (χ1n) is 10.3. The first-order valence-corrected chi connectivity index (χ1v) is 12.6. The maximum Gasteiger partial charge on any atom is 0.243 e. The van der Waals surface area contributed by atoms with Crippen LogP contribution >= 0.6 is 11.3 Å². The molecule has 0 spiro atoms. The van der Waals surface area contributed by atoms with Gasteiger partial charge < -0.3 is 9.88 Å². The SMILES string of the molecule is CCn1c(CNC(C)c2cccs2)nc2cc(S(=O)(=O)N3CCCCC3)ccc21. The van der Waals surface area contributed by atoms with Gasteiger partial charge >= 0.3 is 0 Å². The minimum absolute atomic E-state index is 0.246. The van der Waals surface area contributed by atoms with E-state index in [2.05, 4.69) is 41.2 Å². The Morgan fingerprint density at radius 2 is 2.00 bits per heavy atom. The normalized spacial score (nSPS) is 17.0. The molecule has 3 heterocycles. The lowest BCUT2D eigenvalue weighted by Crippen LogP contribution is -2.35. The van der Waals surface area contributed by atoms with E-state index in [9.17, 15) is 8.42 Å². The highest BCUT2D eigenvalue weighted by molar-refractivity contribution is 7.89. The quantitative estimate of drug-likeness (QED) is 0.609. The van der Waals surface area contributed by atoms with E-state index in [0.29, 0.717) is 24.5 Å². The highest BCUT2D eigenvalue weighted by Gasteiger charge is 2.26. The summed E-state index contributed by atoms with van der Waals surface area (Å²) in [7, 11) is -3.45. The topological polar surface area (TPSA) is 67.2 Å². The van der Waals surface area contributed by atoms with Gasteiger partial charge in [-0.2, -0.15) is 4.31 Å². The van der Waals surface area contributed by atoms with Gasteiger partial charge in [0.15, 0.2) is 0 Å². The maximum atomic E-state index is 13.0. The van der Waals surface area contributed by atoms with E-state index in [0.717, 1.165) is 42.7 Å². The van der Waals surface area contributed by atoms with Gasteiger partial charge in [0.2, 0.25) is 10.0 Å². The molecule has 1 saturated heterocycles. The average Bonchev–Trinajstić information content (AvgIpc) is 3.39. The lowest BCUT2D eigenvalue weighted by atomic mass is 10.2. The summed E-state index contributed by atoms with van der Waals surface area (Å²) in [5.41, 5.74) is 1.72. The van der Waals surface area contributed by atoms with Gasteiger partial charge in [-0.05, 0) is 56.3 Å². The molecule has 29 heavy (non-hydrogen) atoms. The highest BCUT2D eigenvalue weighted by Crippen LogP contribution is 2.25. The van der Waals surface area contributed by atoms with Crippen molar-refractivity contribution in [2.75, 3.05) is 13.1 Å². The standard InChI is InChI=1S/C21H28N4O2S2/c1-3-25-19-10-9-17(29(26,27)24-11-5-4-6-12-24)14-18(19)23-21(25)15-22-16(2)20-8-7-13-28-20/h7-10,13-14,16,22H,3-6,11-12,15H2,1-2H3. The number of benzene rings is 1. The first-order chi connectivity index (χ1) is 14.0. The van der Waals surface area contributed by atoms with Crippen LogP contribution in [0.15, 0.2) is 40.6 Å². The summed E-state index contributed by atoms with van der Waals surface area (Å²) in [5, 5.41) is 5.62. The molecular formula is C21H28N4O2S2. The van der Waals surface area contributed by atoms with Gasteiger partial charge in [-0.15, -0.1) is 11.3 Å². The molecule has 6 nitrogen and oxygen atoms in total. The van der Waals surface area contributed by atoms with Gasteiger partial charge in [-0.25, -0.2) is 13.4 Å². The van der Waals surface area contributed by atoms with E-state index < -0.39 is 10.0 Å². The van der Waals surface area contributed by atoms with Gasteiger partial charge in [0.25, 0.3) is 0 Å². The molecule has 1 unspecified atom stereocenters. The number of hydrogen-bond acceptors (Lipinski definition) is 5. The number of imidazole rings is 1. The van der Waals surface area contributed by atoms with Crippen molar-refractivity contribution in [2.24, 2.45) is 0 Å². The molecule has 2 aromatic heterocycles. The van der Waals surface area contributed by atoms with E-state index in [1.54, 1.807) is 27.8 Å². The van der Waals surface area contributed by atoms with Crippen LogP contribution in [0.4, 0.5) is 0 Å². The molecule has 0 aliphatic carbocycles. The minimum Gasteiger partial charge on any atom is -0.327 e. The van der Waals surface area contributed by atoms with E-state index >= 15 is 0 Å². The van der Waals surface area contributed by atoms with Gasteiger partial charge in [0.1, 0.15) is 5.82 Å². The van der Waals surface area contributed by atoms with Crippen LogP contribution in [-0.2, 0) is 23.1 Å². The molecule has 1 N–H and O–H groups in total. The highest BCUT2D eigenvalue weighted by atomic mass is 32.2. The second-order valence-corrected chi connectivity index (χ2v) is 10.4. The third-order valence-electron chi connectivity index (χ3n) is 5.60. The number of nitrogens with zero attached hydrogens (tertiary/aromatic N) is 3. The van der Waals surface area contributed by atoms with Crippen LogP contribution in [-0.4, -0.2) is 35.4 Å². The predicted molar refractivity (Wildman–Crippen MR) is 118 cm³/mol. The zero-order valence-corrected chi connectivity index (χ0v) is 18.6. The van der Waals surface area contributed by atoms with Crippen LogP contribution < -0.4 is 5.32 Å². The van der Waals surface area contributed by atoms with Gasteiger partial charge in [0, 0.05) is 30.6 Å². The molecule has 0 saturated carbocycles. The second kappa shape index (κ2) is 8.55. The Balaban J connectivity index is 1.60. The number of sulfonamides is 1. The summed E-state index contributed by atoms with van der Waals surface area (Å²) in [4.78, 5) is 6.41. The maximum absolute atomic E-state index is 13.0. The summed E-state index contributed by atoms with van der Waals surface area (Å²) in [6.45, 7) is 6.88. The largest absolute Gasteiger partial charge is 0.327 e. The zero-order valence-electron chi connectivity index (χ0n) is 17.0. The Morgan fingerprint density at radius 1 is 1.21 bits per heavy atom. The van der Waals surface area contributed by atoms with Gasteiger partial charge in [0.05, 0.1) is 22.5 Å². The number of hydrogen-bond donors (Lipinski definition) is 1. The fraction of sp³-hybridized carbons (Fsp3) is 0.476. The number of piperidine rings is 1. The number of nitrogens with one attached hydrogen (secondary N) is 1. The van der Waals surface area contributed by atoms with E-state index in [-0.39, 0.29) is 6.04 Å². The Morgan fingerprint density at radius 3 is 2.69 bits per heavy atom. The first kappa shape index (κ1) is 20.5. The van der Waals surface area contributed by atoms with Crippen molar-refractivity contribution < 1.29 is 8.42 Å². The third-order valence-corrected chi connectivity index (χ3v) is 8.55. The lowest BCUT2D eigenvalue weighted by molar-refractivity contribution is 0.346. The molecule has 1 aromatic carbocycles. The van der Waals surface area contributed by atoms with Crippen molar-refractivity contribution in [3.8, 4) is 0 Å². The lowest BCUT2D eigenvalue weighted by Gasteiger charge is -2.25. The molecule has 1 aliphatic rings. The monoisotopic (exact) mass is 432 g/mol. The van der Waals surface area contributed by atoms with Crippen LogP contribution in [0.3, 0.4) is 0 Å². The molecule has 1 aliphatic heterocycles. The van der Waals surface area contributed by atoms with Crippen molar-refractivity contribution in [1.82, 2.24) is 19.2 Å². The third kappa shape index (κ3) is 4.12. The summed E-state index contributed by atoms with van der Waals surface area (Å²) in [6, 6.07) is 9.79. The zero-order chi connectivity index (χ0) is 20.4. The number of fused-ring (bicyclic) bond motifs is 1. The Hall–Kier alpha value is -1.74. The molecule has 1 atom stereocenters. The van der Waals surface area contributed by atoms with E-state index in [1.165, 1.54) is 4.88 Å². The van der Waals surface area contributed by atoms with Crippen LogP contribution in [0, 0.1) is 0 Å². The summed E-state index contributed by atoms with van der Waals surface area (Å²) < 4.78 is 29.8. The van der Waals surface area contributed by atoms with Crippen LogP contribution in [0.1, 0.15) is 49.9 Å². The van der Waals surface area contributed by atoms with Gasteiger partial charge in [-0.1, -0.05) is 12.5 Å². The van der Waals surface area contributed by atoms with Crippen molar-refractivity contribution in [3.63, 3.8) is 0 Å². The van der Waals surface area contributed by atoms with E-state index in [4.69, 9.17) is 4.98 Å². The average molecular weight is 433 g/mol. The molecule has 1 fully saturated rings. The molecule has 156 valence electrons. The molecule has 0 radical (unpaired) electrons. The molecule has 0 bridgehead atoms. The van der Waals surface area contributed by atoms with Crippen molar-refractivity contribution >= 4 is 32.4 Å². The number of rotatable bonds is 7. The van der Waals surface area contributed by atoms with E-state index in [1.807, 2.05) is 6.07 Å². The van der Waals surface area contributed by atoms with Gasteiger partial charge in [-0.3, -0.25) is 0 Å². The minimum atomic E-state index is -3.45. The number of aromatic nitrogens is 2. The summed E-state index contributed by atoms with van der Waals surface area (Å²) >= 11 is 1.74. The van der Waals surface area contributed by atoms with Crippen molar-refractivity contribution in [1.29, 1.82) is 0 Å². The second-order valence-electron chi connectivity index (χ2n) is 7.51. The summed E-state index contributed by atoms with van der Waals surface area (Å²) in [6.07, 6.45) is 2.97. The fourth-order valence-corrected chi connectivity index (χ4v) is 6.24. The molecule has 4 rings (SSSR count).